The van der Waals surface area contributed by atoms with Crippen molar-refractivity contribution in [3.05, 3.63) is 71.8 Å². The van der Waals surface area contributed by atoms with E-state index in [2.05, 4.69) is 67.7 Å². The van der Waals surface area contributed by atoms with Gasteiger partial charge in [0.15, 0.2) is 0 Å². The smallest absolute Gasteiger partial charge is 0.0686 e. The first-order valence-electron chi connectivity index (χ1n) is 8.57. The fourth-order valence-electron chi connectivity index (χ4n) is 4.25. The Kier molecular flexibility index (Phi) is 4.56. The lowest BCUT2D eigenvalue weighted by atomic mass is 9.67. The maximum absolute atomic E-state index is 11.2. The molecule has 2 heteroatoms. The maximum Gasteiger partial charge on any atom is 0.0686 e. The van der Waals surface area contributed by atoms with Crippen LogP contribution in [-0.2, 0) is 0 Å². The van der Waals surface area contributed by atoms with E-state index in [4.69, 9.17) is 0 Å². The van der Waals surface area contributed by atoms with Gasteiger partial charge in [-0.15, -0.1) is 0 Å². The molecule has 3 rings (SSSR count). The predicted molar refractivity (Wildman–Crippen MR) is 95.1 cm³/mol. The first kappa shape index (κ1) is 16.2. The van der Waals surface area contributed by atoms with E-state index in [0.29, 0.717) is 5.92 Å². The molecule has 0 aromatic heterocycles. The zero-order chi connectivity index (χ0) is 16.4. The van der Waals surface area contributed by atoms with Gasteiger partial charge in [-0.1, -0.05) is 74.5 Å². The van der Waals surface area contributed by atoms with Gasteiger partial charge < -0.3 is 10.4 Å². The zero-order valence-electron chi connectivity index (χ0n) is 14.2. The van der Waals surface area contributed by atoms with Gasteiger partial charge in [0.1, 0.15) is 0 Å². The van der Waals surface area contributed by atoms with Crippen molar-refractivity contribution in [1.29, 1.82) is 0 Å². The second kappa shape index (κ2) is 6.46. The van der Waals surface area contributed by atoms with E-state index in [0.717, 1.165) is 6.42 Å². The summed E-state index contributed by atoms with van der Waals surface area (Å²) in [6.45, 7) is 6.42. The van der Waals surface area contributed by atoms with Crippen LogP contribution in [0.2, 0.25) is 0 Å². The van der Waals surface area contributed by atoms with Gasteiger partial charge in [-0.2, -0.15) is 0 Å². The van der Waals surface area contributed by atoms with Gasteiger partial charge >= 0.3 is 0 Å². The summed E-state index contributed by atoms with van der Waals surface area (Å²) in [7, 11) is 0. The summed E-state index contributed by atoms with van der Waals surface area (Å²) in [4.78, 5) is 0. The Balaban J connectivity index is 1.99. The van der Waals surface area contributed by atoms with Crippen LogP contribution in [0, 0.1) is 11.8 Å². The fraction of sp³-hybridized carbons (Fsp3) is 0.429. The molecule has 23 heavy (non-hydrogen) atoms. The molecule has 0 bridgehead atoms. The molecule has 0 radical (unpaired) electrons. The number of hydrogen-bond donors (Lipinski definition) is 2. The lowest BCUT2D eigenvalue weighted by Gasteiger charge is -2.49. The van der Waals surface area contributed by atoms with Crippen LogP contribution in [0.5, 0.6) is 0 Å². The number of piperidine rings is 1. The van der Waals surface area contributed by atoms with Crippen LogP contribution < -0.4 is 5.32 Å². The Labute approximate surface area is 139 Å². The normalized spacial score (nSPS) is 31.3. The summed E-state index contributed by atoms with van der Waals surface area (Å²) in [5, 5.41) is 15.0. The largest absolute Gasteiger partial charge is 0.390 e. The minimum absolute atomic E-state index is 0.158. The highest BCUT2D eigenvalue weighted by Gasteiger charge is 2.46. The van der Waals surface area contributed by atoms with E-state index in [1.54, 1.807) is 0 Å². The molecule has 1 aliphatic heterocycles. The molecule has 0 aliphatic carbocycles. The predicted octanol–water partition coefficient (Wildman–Crippen LogP) is 4.49. The summed E-state index contributed by atoms with van der Waals surface area (Å²) in [5.41, 5.74) is 1.81. The molecule has 0 saturated carbocycles. The Morgan fingerprint density at radius 3 is 2.00 bits per heavy atom. The average Bonchev–Trinajstić information content (AvgIpc) is 2.54. The number of benzene rings is 2. The van der Waals surface area contributed by atoms with Gasteiger partial charge in [0.25, 0.3) is 0 Å². The summed E-state index contributed by atoms with van der Waals surface area (Å²) in [5.74, 6) is 0.587. The van der Waals surface area contributed by atoms with Gasteiger partial charge in [0, 0.05) is 18.0 Å². The third-order valence-electron chi connectivity index (χ3n) is 5.15. The molecule has 0 spiro atoms. The molecule has 2 nitrogen and oxygen atoms in total. The van der Waals surface area contributed by atoms with Crippen molar-refractivity contribution in [3.8, 4) is 0 Å². The Morgan fingerprint density at radius 1 is 0.957 bits per heavy atom. The molecule has 1 saturated heterocycles. The summed E-state index contributed by atoms with van der Waals surface area (Å²) >= 11 is 0. The highest BCUT2D eigenvalue weighted by Crippen LogP contribution is 2.46. The van der Waals surface area contributed by atoms with E-state index in [9.17, 15) is 5.11 Å². The monoisotopic (exact) mass is 309 g/mol. The standard InChI is InChI=1S/C21H27NO/c1-15(2)19-20(17-12-8-5-9-13-17)22-18(14-21(19,3)23)16-10-6-4-7-11-16/h4-13,15,18-20,22-23H,14H2,1-3H3/t18-,19-,20+,21-/m1/s1. The number of hydrogen-bond acceptors (Lipinski definition) is 2. The van der Waals surface area contributed by atoms with Crippen molar-refractivity contribution >= 4 is 0 Å². The van der Waals surface area contributed by atoms with E-state index >= 15 is 0 Å². The van der Waals surface area contributed by atoms with Crippen LogP contribution in [0.4, 0.5) is 0 Å². The molecule has 2 aromatic carbocycles. The average molecular weight is 309 g/mol. The van der Waals surface area contributed by atoms with E-state index < -0.39 is 5.60 Å². The lowest BCUT2D eigenvalue weighted by molar-refractivity contribution is -0.0783. The van der Waals surface area contributed by atoms with E-state index in [-0.39, 0.29) is 18.0 Å². The molecule has 1 fully saturated rings. The maximum atomic E-state index is 11.2. The van der Waals surface area contributed by atoms with E-state index in [1.807, 2.05) is 19.1 Å². The second-order valence-corrected chi connectivity index (χ2v) is 7.35. The van der Waals surface area contributed by atoms with Crippen molar-refractivity contribution in [3.63, 3.8) is 0 Å². The van der Waals surface area contributed by atoms with Gasteiger partial charge in [-0.05, 0) is 30.4 Å². The highest BCUT2D eigenvalue weighted by molar-refractivity contribution is 5.26. The highest BCUT2D eigenvalue weighted by atomic mass is 16.3. The molecule has 2 aromatic rings. The number of rotatable bonds is 3. The van der Waals surface area contributed by atoms with Gasteiger partial charge in [-0.25, -0.2) is 0 Å². The molecular weight excluding hydrogens is 282 g/mol. The molecular formula is C21H27NO. The van der Waals surface area contributed by atoms with Crippen molar-refractivity contribution in [2.24, 2.45) is 11.8 Å². The van der Waals surface area contributed by atoms with Gasteiger partial charge in [-0.3, -0.25) is 0 Å². The minimum Gasteiger partial charge on any atom is -0.390 e. The molecule has 1 heterocycles. The number of nitrogens with one attached hydrogen (secondary N) is 1. The molecule has 0 amide bonds. The van der Waals surface area contributed by atoms with Gasteiger partial charge in [0.2, 0.25) is 0 Å². The lowest BCUT2D eigenvalue weighted by Crippen LogP contribution is -2.53. The molecule has 0 unspecified atom stereocenters. The minimum atomic E-state index is -0.694. The molecule has 4 atom stereocenters. The Hall–Kier alpha value is -1.64. The molecule has 2 N–H and O–H groups in total. The summed E-state index contributed by atoms with van der Waals surface area (Å²) in [6, 6.07) is 21.3. The van der Waals surface area contributed by atoms with Crippen molar-refractivity contribution in [2.75, 3.05) is 0 Å². The SMILES string of the molecule is CC(C)[C@@H]1[C@H](c2ccccc2)N[C@@H](c2ccccc2)C[C@@]1(C)O. The Morgan fingerprint density at radius 2 is 1.48 bits per heavy atom. The Bertz CT molecular complexity index is 621. The quantitative estimate of drug-likeness (QED) is 0.876. The first-order valence-corrected chi connectivity index (χ1v) is 8.57. The topological polar surface area (TPSA) is 32.3 Å². The van der Waals surface area contributed by atoms with Crippen LogP contribution in [0.1, 0.15) is 50.4 Å². The fourth-order valence-corrected chi connectivity index (χ4v) is 4.25. The zero-order valence-corrected chi connectivity index (χ0v) is 14.2. The van der Waals surface area contributed by atoms with Crippen molar-refractivity contribution in [1.82, 2.24) is 5.32 Å². The van der Waals surface area contributed by atoms with Crippen LogP contribution in [0.25, 0.3) is 0 Å². The second-order valence-electron chi connectivity index (χ2n) is 7.35. The first-order chi connectivity index (χ1) is 11.0. The van der Waals surface area contributed by atoms with Crippen molar-refractivity contribution < 1.29 is 5.11 Å². The summed E-state index contributed by atoms with van der Waals surface area (Å²) in [6.07, 6.45) is 0.739. The number of aliphatic hydroxyl groups is 1. The molecule has 1 aliphatic rings. The van der Waals surface area contributed by atoms with Crippen LogP contribution in [0.15, 0.2) is 60.7 Å². The third-order valence-corrected chi connectivity index (χ3v) is 5.15. The summed E-state index contributed by atoms with van der Waals surface area (Å²) < 4.78 is 0. The van der Waals surface area contributed by atoms with Crippen LogP contribution in [-0.4, -0.2) is 10.7 Å². The van der Waals surface area contributed by atoms with Gasteiger partial charge in [0.05, 0.1) is 5.60 Å². The van der Waals surface area contributed by atoms with Crippen molar-refractivity contribution in [2.45, 2.75) is 44.9 Å². The molecule has 122 valence electrons. The third kappa shape index (κ3) is 3.34. The van der Waals surface area contributed by atoms with Crippen LogP contribution >= 0.6 is 0 Å². The van der Waals surface area contributed by atoms with E-state index in [1.165, 1.54) is 11.1 Å². The van der Waals surface area contributed by atoms with Crippen LogP contribution in [0.3, 0.4) is 0 Å².